The van der Waals surface area contributed by atoms with Crippen molar-refractivity contribution in [1.29, 1.82) is 0 Å². The topological polar surface area (TPSA) is 110 Å². The van der Waals surface area contributed by atoms with Crippen LogP contribution in [0, 0.1) is 13.8 Å². The van der Waals surface area contributed by atoms with Crippen molar-refractivity contribution in [2.45, 2.75) is 59.3 Å². The van der Waals surface area contributed by atoms with Crippen molar-refractivity contribution in [2.75, 3.05) is 24.7 Å². The number of halogens is 1. The first-order valence-corrected chi connectivity index (χ1v) is 14.0. The Morgan fingerprint density at radius 3 is 2.41 bits per heavy atom. The molecule has 9 nitrogen and oxygen atoms in total. The average molecular weight is 579 g/mol. The molecule has 0 spiro atoms. The zero-order valence-electron chi connectivity index (χ0n) is 23.9. The third-order valence-corrected chi connectivity index (χ3v) is 7.41. The Hall–Kier alpha value is -3.66. The molecular formula is C31H35ClN4O5. The first-order valence-electron chi connectivity index (χ1n) is 13.7. The highest BCUT2D eigenvalue weighted by Gasteiger charge is 2.36. The first-order chi connectivity index (χ1) is 19.5. The van der Waals surface area contributed by atoms with E-state index in [9.17, 15) is 9.90 Å². The van der Waals surface area contributed by atoms with Crippen molar-refractivity contribution in [3.05, 3.63) is 64.6 Å². The van der Waals surface area contributed by atoms with Gasteiger partial charge in [0.1, 0.15) is 0 Å². The van der Waals surface area contributed by atoms with Gasteiger partial charge >= 0.3 is 5.97 Å². The van der Waals surface area contributed by atoms with E-state index in [1.165, 1.54) is 0 Å². The van der Waals surface area contributed by atoms with Gasteiger partial charge in [0.2, 0.25) is 5.95 Å². The van der Waals surface area contributed by atoms with E-state index in [0.717, 1.165) is 39.0 Å². The van der Waals surface area contributed by atoms with Gasteiger partial charge in [-0.1, -0.05) is 23.7 Å². The maximum Gasteiger partial charge on any atom is 0.337 e. The minimum atomic E-state index is -1.23. The second-order valence-corrected chi connectivity index (χ2v) is 11.6. The number of ether oxygens (including phenoxy) is 2. The highest BCUT2D eigenvalue weighted by molar-refractivity contribution is 6.30. The molecule has 1 aliphatic heterocycles. The van der Waals surface area contributed by atoms with E-state index in [0.29, 0.717) is 48.4 Å². The molecule has 2 N–H and O–H groups in total. The van der Waals surface area contributed by atoms with Crippen molar-refractivity contribution in [1.82, 2.24) is 14.5 Å². The van der Waals surface area contributed by atoms with E-state index in [1.54, 1.807) is 12.4 Å². The molecule has 0 aliphatic carbocycles. The fourth-order valence-corrected chi connectivity index (χ4v) is 5.64. The third kappa shape index (κ3) is 5.62. The van der Waals surface area contributed by atoms with Crippen molar-refractivity contribution in [3.8, 4) is 16.9 Å². The van der Waals surface area contributed by atoms with Crippen LogP contribution in [-0.2, 0) is 16.1 Å². The maximum atomic E-state index is 12.9. The molecule has 0 saturated heterocycles. The Kier molecular flexibility index (Phi) is 7.96. The van der Waals surface area contributed by atoms with Crippen LogP contribution in [0.15, 0.2) is 42.7 Å². The number of carboxylic acids is 1. The van der Waals surface area contributed by atoms with Crippen LogP contribution in [-0.4, -0.2) is 56.1 Å². The summed E-state index contributed by atoms with van der Waals surface area (Å²) in [6, 6.07) is 9.59. The number of benzene rings is 2. The van der Waals surface area contributed by atoms with Gasteiger partial charge in [0.05, 0.1) is 35.8 Å². The molecule has 2 aromatic heterocycles. The summed E-state index contributed by atoms with van der Waals surface area (Å²) < 4.78 is 14.1. The normalized spacial score (nSPS) is 14.0. The number of aromatic nitrogens is 3. The largest absolute Gasteiger partial charge is 0.490 e. The first kappa shape index (κ1) is 28.9. The summed E-state index contributed by atoms with van der Waals surface area (Å²) in [6.45, 7) is 11.3. The van der Waals surface area contributed by atoms with Crippen LogP contribution in [0.1, 0.15) is 50.1 Å². The summed E-state index contributed by atoms with van der Waals surface area (Å²) in [4.78, 5) is 24.1. The molecule has 10 heteroatoms. The molecule has 2 aromatic carbocycles. The molecule has 1 aliphatic rings. The zero-order valence-corrected chi connectivity index (χ0v) is 24.7. The van der Waals surface area contributed by atoms with Crippen LogP contribution in [0.3, 0.4) is 0 Å². The Labute approximate surface area is 244 Å². The molecule has 41 heavy (non-hydrogen) atoms. The minimum Gasteiger partial charge on any atom is -0.490 e. The molecule has 5 rings (SSSR count). The molecule has 0 bridgehead atoms. The van der Waals surface area contributed by atoms with Crippen molar-refractivity contribution in [2.24, 2.45) is 0 Å². The summed E-state index contributed by atoms with van der Waals surface area (Å²) in [5.74, 6) is -0.0599. The predicted molar refractivity (Wildman–Crippen MR) is 159 cm³/mol. The van der Waals surface area contributed by atoms with Crippen molar-refractivity contribution in [3.63, 3.8) is 0 Å². The molecule has 0 unspecified atom stereocenters. The number of hydrogen-bond donors (Lipinski definition) is 2. The lowest BCUT2D eigenvalue weighted by atomic mass is 9.87. The maximum absolute atomic E-state index is 12.9. The monoisotopic (exact) mass is 578 g/mol. The van der Waals surface area contributed by atoms with Crippen LogP contribution >= 0.6 is 11.6 Å². The summed E-state index contributed by atoms with van der Waals surface area (Å²) in [5.41, 5.74) is 5.25. The van der Waals surface area contributed by atoms with Gasteiger partial charge in [-0.2, -0.15) is 0 Å². The number of nitrogens with zero attached hydrogens (tertiary/aromatic N) is 4. The number of aliphatic hydroxyl groups excluding tert-OH is 1. The van der Waals surface area contributed by atoms with Crippen LogP contribution in [0.25, 0.3) is 22.0 Å². The van der Waals surface area contributed by atoms with E-state index in [1.807, 2.05) is 56.9 Å². The number of rotatable bonds is 9. The highest BCUT2D eigenvalue weighted by atomic mass is 35.5. The second-order valence-electron chi connectivity index (χ2n) is 11.2. The molecule has 216 valence electrons. The standard InChI is InChI=1S/C31H35ClN4O5/c1-18-15-23-25(20-7-9-21(32)10-8-20)24(28(29(38)39)41-31(3,4)5)19(2)26-27(23)35(18)11-12-36(26)30-33-16-22(17-34-30)40-14-6-13-37/h7-10,15-17,28,37H,6,11-14H2,1-5H3,(H,38,39)/t28-/m0/s1. The summed E-state index contributed by atoms with van der Waals surface area (Å²) in [5, 5.41) is 21.1. The van der Waals surface area contributed by atoms with Gasteiger partial charge in [-0.05, 0) is 69.5 Å². The Bertz CT molecular complexity index is 1580. The molecule has 0 radical (unpaired) electrons. The Balaban J connectivity index is 1.77. The number of aliphatic hydroxyl groups is 1. The van der Waals surface area contributed by atoms with Crippen LogP contribution in [0.5, 0.6) is 5.75 Å². The van der Waals surface area contributed by atoms with Gasteiger partial charge < -0.3 is 29.2 Å². The molecule has 3 heterocycles. The quantitative estimate of drug-likeness (QED) is 0.225. The van der Waals surface area contributed by atoms with Gasteiger partial charge in [-0.3, -0.25) is 0 Å². The van der Waals surface area contributed by atoms with Gasteiger partial charge in [0.25, 0.3) is 0 Å². The Morgan fingerprint density at radius 1 is 1.12 bits per heavy atom. The number of anilines is 2. The van der Waals surface area contributed by atoms with Gasteiger partial charge in [0, 0.05) is 47.8 Å². The number of carbonyl (C=O) groups is 1. The number of aryl methyl sites for hydroxylation is 1. The number of aliphatic carboxylic acids is 1. The van der Waals surface area contributed by atoms with Gasteiger partial charge in [-0.25, -0.2) is 14.8 Å². The summed E-state index contributed by atoms with van der Waals surface area (Å²) in [6.07, 6.45) is 2.54. The average Bonchev–Trinajstić information content (AvgIpc) is 3.26. The lowest BCUT2D eigenvalue weighted by molar-refractivity contribution is -0.160. The summed E-state index contributed by atoms with van der Waals surface area (Å²) >= 11 is 6.24. The molecule has 0 amide bonds. The lowest BCUT2D eigenvalue weighted by Crippen LogP contribution is -2.32. The minimum absolute atomic E-state index is 0.0473. The fraction of sp³-hybridized carbons (Fsp3) is 0.387. The SMILES string of the molecule is Cc1c([C@H](OC(C)(C)C)C(=O)O)c(-c2ccc(Cl)cc2)c2cc(C)n3c2c1N(c1ncc(OCCCO)cn1)CC3. The van der Waals surface area contributed by atoms with Gasteiger partial charge in [0.15, 0.2) is 11.9 Å². The third-order valence-electron chi connectivity index (χ3n) is 7.16. The number of carboxylic acid groups (broad SMARTS) is 1. The van der Waals surface area contributed by atoms with Crippen LogP contribution in [0.2, 0.25) is 5.02 Å². The van der Waals surface area contributed by atoms with Crippen LogP contribution in [0.4, 0.5) is 11.6 Å². The van der Waals surface area contributed by atoms with Crippen LogP contribution < -0.4 is 9.64 Å². The summed E-state index contributed by atoms with van der Waals surface area (Å²) in [7, 11) is 0. The van der Waals surface area contributed by atoms with E-state index in [-0.39, 0.29) is 6.61 Å². The molecule has 0 saturated carbocycles. The predicted octanol–water partition coefficient (Wildman–Crippen LogP) is 6.22. The molecule has 0 fully saturated rings. The molecule has 1 atom stereocenters. The van der Waals surface area contributed by atoms with Crippen molar-refractivity contribution >= 4 is 40.1 Å². The molecular weight excluding hydrogens is 544 g/mol. The highest BCUT2D eigenvalue weighted by Crippen LogP contribution is 2.49. The fourth-order valence-electron chi connectivity index (χ4n) is 5.51. The van der Waals surface area contributed by atoms with Gasteiger partial charge in [-0.15, -0.1) is 0 Å². The smallest absolute Gasteiger partial charge is 0.337 e. The molecule has 4 aromatic rings. The second kappa shape index (κ2) is 11.3. The van der Waals surface area contributed by atoms with E-state index >= 15 is 0 Å². The number of hydrogen-bond acceptors (Lipinski definition) is 7. The lowest BCUT2D eigenvalue weighted by Gasteiger charge is -2.35. The Morgan fingerprint density at radius 2 is 1.80 bits per heavy atom. The van der Waals surface area contributed by atoms with E-state index in [4.69, 9.17) is 26.2 Å². The van der Waals surface area contributed by atoms with E-state index < -0.39 is 17.7 Å². The van der Waals surface area contributed by atoms with Crippen molar-refractivity contribution < 1.29 is 24.5 Å². The van der Waals surface area contributed by atoms with E-state index in [2.05, 4.69) is 27.5 Å². The zero-order chi connectivity index (χ0) is 29.5.